The molecule has 4 rings (SSSR count). The third-order valence-electron chi connectivity index (χ3n) is 6.90. The molecule has 0 radical (unpaired) electrons. The molecule has 3 aliphatic carbocycles. The van der Waals surface area contributed by atoms with Gasteiger partial charge in [0.2, 0.25) is 0 Å². The van der Waals surface area contributed by atoms with Crippen LogP contribution in [0.3, 0.4) is 0 Å². The summed E-state index contributed by atoms with van der Waals surface area (Å²) in [5, 5.41) is 0. The van der Waals surface area contributed by atoms with E-state index >= 15 is 0 Å². The Hall–Kier alpha value is -1.15. The van der Waals surface area contributed by atoms with Crippen LogP contribution in [-0.2, 0) is 9.53 Å². The summed E-state index contributed by atoms with van der Waals surface area (Å²) in [6.45, 7) is 5.42. The SMILES string of the molecule is CC1CC(F)CN1C(=O)C[N+]#CC1(C)CC2CC(OCC3CC3)CC2C1. The molecule has 4 atom stereocenters. The zero-order valence-corrected chi connectivity index (χ0v) is 16.1. The summed E-state index contributed by atoms with van der Waals surface area (Å²) in [5.74, 6) is 2.20. The molecule has 1 saturated heterocycles. The minimum absolute atomic E-state index is 0.0123. The maximum absolute atomic E-state index is 13.4. The number of alkyl halides is 1. The van der Waals surface area contributed by atoms with Crippen LogP contribution < -0.4 is 0 Å². The molecule has 26 heavy (non-hydrogen) atoms. The van der Waals surface area contributed by atoms with Crippen LogP contribution in [0.2, 0.25) is 0 Å². The third kappa shape index (κ3) is 4.06. The maximum Gasteiger partial charge on any atom is 0.340 e. The summed E-state index contributed by atoms with van der Waals surface area (Å²) in [7, 11) is 0. The number of carbonyl (C=O) groups excluding carboxylic acids is 1. The fourth-order valence-corrected chi connectivity index (χ4v) is 5.38. The summed E-state index contributed by atoms with van der Waals surface area (Å²) in [6.07, 6.45) is 7.28. The number of nitrogens with zero attached hydrogens (tertiary/aromatic N) is 2. The van der Waals surface area contributed by atoms with Crippen LogP contribution in [0, 0.1) is 29.2 Å². The maximum atomic E-state index is 13.4. The number of ether oxygens (including phenoxy) is 1. The van der Waals surface area contributed by atoms with Crippen LogP contribution in [0.4, 0.5) is 4.39 Å². The van der Waals surface area contributed by atoms with Gasteiger partial charge in [-0.1, -0.05) is 4.85 Å². The number of amides is 1. The summed E-state index contributed by atoms with van der Waals surface area (Å²) in [4.78, 5) is 18.2. The summed E-state index contributed by atoms with van der Waals surface area (Å²) >= 11 is 0. The van der Waals surface area contributed by atoms with Gasteiger partial charge >= 0.3 is 12.5 Å². The van der Waals surface area contributed by atoms with Gasteiger partial charge in [-0.15, -0.1) is 0 Å². The van der Waals surface area contributed by atoms with Crippen LogP contribution >= 0.6 is 0 Å². The Bertz CT molecular complexity index is 595. The number of rotatable bonds is 4. The van der Waals surface area contributed by atoms with E-state index in [1.807, 2.05) is 6.92 Å². The van der Waals surface area contributed by atoms with E-state index in [-0.39, 0.29) is 30.5 Å². The molecule has 0 aromatic heterocycles. The molecule has 1 heterocycles. The predicted octanol–water partition coefficient (Wildman–Crippen LogP) is 3.90. The van der Waals surface area contributed by atoms with E-state index in [1.54, 1.807) is 4.90 Å². The molecule has 0 spiro atoms. The minimum Gasteiger partial charge on any atom is -0.378 e. The zero-order chi connectivity index (χ0) is 18.3. The smallest absolute Gasteiger partial charge is 0.340 e. The lowest BCUT2D eigenvalue weighted by Gasteiger charge is -2.17. The normalized spacial score (nSPS) is 41.8. The average molecular weight is 363 g/mol. The van der Waals surface area contributed by atoms with Gasteiger partial charge in [0.05, 0.1) is 12.6 Å². The molecule has 4 aliphatic rings. The highest BCUT2D eigenvalue weighted by molar-refractivity contribution is 5.80. The van der Waals surface area contributed by atoms with Crippen LogP contribution in [0.1, 0.15) is 58.8 Å². The van der Waals surface area contributed by atoms with E-state index in [0.29, 0.717) is 24.4 Å². The number of likely N-dealkylation sites (tertiary alicyclic amines) is 1. The van der Waals surface area contributed by atoms with Gasteiger partial charge in [-0.05, 0) is 70.1 Å². The predicted molar refractivity (Wildman–Crippen MR) is 98.8 cm³/mol. The highest BCUT2D eigenvalue weighted by atomic mass is 19.1. The molecular formula is C21H32FN2O2+. The van der Waals surface area contributed by atoms with Gasteiger partial charge in [0.15, 0.2) is 0 Å². The molecule has 4 unspecified atom stereocenters. The highest BCUT2D eigenvalue weighted by Crippen LogP contribution is 2.53. The van der Waals surface area contributed by atoms with Crippen molar-refractivity contribution in [3.63, 3.8) is 0 Å². The number of fused-ring (bicyclic) bond motifs is 1. The van der Waals surface area contributed by atoms with Crippen molar-refractivity contribution < 1.29 is 13.9 Å². The van der Waals surface area contributed by atoms with Crippen molar-refractivity contribution in [2.75, 3.05) is 19.7 Å². The molecule has 1 amide bonds. The Morgan fingerprint density at radius 1 is 1.27 bits per heavy atom. The van der Waals surface area contributed by atoms with E-state index < -0.39 is 6.17 Å². The Kier molecular flexibility index (Phi) is 4.98. The molecule has 0 aromatic rings. The molecule has 4 fully saturated rings. The lowest BCUT2D eigenvalue weighted by molar-refractivity contribution is -0.129. The van der Waals surface area contributed by atoms with E-state index in [4.69, 9.17) is 4.74 Å². The van der Waals surface area contributed by atoms with Gasteiger partial charge in [-0.2, -0.15) is 0 Å². The first-order chi connectivity index (χ1) is 12.4. The summed E-state index contributed by atoms with van der Waals surface area (Å²) in [5.41, 5.74) is -0.0175. The fourth-order valence-electron chi connectivity index (χ4n) is 5.38. The first kappa shape index (κ1) is 18.2. The topological polar surface area (TPSA) is 33.9 Å². The van der Waals surface area contributed by atoms with Crippen LogP contribution in [0.15, 0.2) is 0 Å². The lowest BCUT2D eigenvalue weighted by atomic mass is 9.87. The standard InChI is InChI=1S/C21H32FN2O2/c1-14-5-18(22)11-24(14)20(25)10-23-13-21(2)8-16-6-19(7-17(16)9-21)26-12-15-3-4-15/h14-19H,3-12H2,1-2H3/q+1. The van der Waals surface area contributed by atoms with Crippen molar-refractivity contribution >= 4 is 5.91 Å². The number of halogens is 1. The Morgan fingerprint density at radius 2 is 1.96 bits per heavy atom. The first-order valence-electron chi connectivity index (χ1n) is 10.4. The van der Waals surface area contributed by atoms with E-state index in [0.717, 1.165) is 25.4 Å². The van der Waals surface area contributed by atoms with Crippen molar-refractivity contribution in [2.45, 2.75) is 77.1 Å². The highest BCUT2D eigenvalue weighted by Gasteiger charge is 2.50. The van der Waals surface area contributed by atoms with Crippen LogP contribution in [-0.4, -0.2) is 48.8 Å². The van der Waals surface area contributed by atoms with Crippen molar-refractivity contribution in [1.82, 2.24) is 4.90 Å². The van der Waals surface area contributed by atoms with Crippen LogP contribution in [0.25, 0.3) is 4.85 Å². The van der Waals surface area contributed by atoms with Gasteiger partial charge < -0.3 is 9.64 Å². The number of hydrogen-bond donors (Lipinski definition) is 0. The second-order valence-corrected chi connectivity index (χ2v) is 9.52. The lowest BCUT2D eigenvalue weighted by Crippen LogP contribution is -2.35. The largest absolute Gasteiger partial charge is 0.378 e. The van der Waals surface area contributed by atoms with Crippen molar-refractivity contribution in [2.24, 2.45) is 23.2 Å². The van der Waals surface area contributed by atoms with Gasteiger partial charge in [0, 0.05) is 19.1 Å². The molecule has 144 valence electrons. The molecule has 0 aromatic carbocycles. The van der Waals surface area contributed by atoms with Gasteiger partial charge in [0.1, 0.15) is 11.6 Å². The quantitative estimate of drug-likeness (QED) is 0.759. The molecule has 1 aliphatic heterocycles. The number of carbonyl (C=O) groups is 1. The number of hydrogen-bond acceptors (Lipinski definition) is 2. The van der Waals surface area contributed by atoms with Gasteiger partial charge in [-0.3, -0.25) is 4.79 Å². The Balaban J connectivity index is 1.25. The van der Waals surface area contributed by atoms with Crippen molar-refractivity contribution in [1.29, 1.82) is 0 Å². The van der Waals surface area contributed by atoms with Gasteiger partial charge in [-0.25, -0.2) is 4.39 Å². The van der Waals surface area contributed by atoms with E-state index in [9.17, 15) is 9.18 Å². The molecular weight excluding hydrogens is 331 g/mol. The van der Waals surface area contributed by atoms with Crippen molar-refractivity contribution in [3.05, 3.63) is 4.85 Å². The second kappa shape index (κ2) is 7.11. The Morgan fingerprint density at radius 3 is 2.54 bits per heavy atom. The third-order valence-corrected chi connectivity index (χ3v) is 6.90. The van der Waals surface area contributed by atoms with E-state index in [2.05, 4.69) is 17.8 Å². The average Bonchev–Trinajstić information content (AvgIpc) is 3.13. The first-order valence-corrected chi connectivity index (χ1v) is 10.4. The van der Waals surface area contributed by atoms with Crippen molar-refractivity contribution in [3.8, 4) is 6.07 Å². The minimum atomic E-state index is -0.885. The molecule has 0 N–H and O–H groups in total. The monoisotopic (exact) mass is 363 g/mol. The zero-order valence-electron chi connectivity index (χ0n) is 16.1. The molecule has 5 heteroatoms. The van der Waals surface area contributed by atoms with E-state index in [1.165, 1.54) is 25.7 Å². The Labute approximate surface area is 156 Å². The summed E-state index contributed by atoms with van der Waals surface area (Å²) < 4.78 is 19.5. The summed E-state index contributed by atoms with van der Waals surface area (Å²) in [6, 6.07) is 3.27. The molecule has 3 saturated carbocycles. The second-order valence-electron chi connectivity index (χ2n) is 9.52. The van der Waals surface area contributed by atoms with Gasteiger partial charge in [0.25, 0.3) is 6.07 Å². The molecule has 0 bridgehead atoms. The fraction of sp³-hybridized carbons (Fsp3) is 0.905. The molecule has 4 nitrogen and oxygen atoms in total. The van der Waals surface area contributed by atoms with Crippen LogP contribution in [0.5, 0.6) is 0 Å².